The molecule has 2 fully saturated rings. The molecule has 2 atom stereocenters. The zero-order valence-corrected chi connectivity index (χ0v) is 8.45. The number of hydrogen-bond acceptors (Lipinski definition) is 4. The first kappa shape index (κ1) is 10.1. The Kier molecular flexibility index (Phi) is 2.44. The van der Waals surface area contributed by atoms with Crippen LogP contribution in [0.15, 0.2) is 0 Å². The fourth-order valence-corrected chi connectivity index (χ4v) is 2.11. The molecule has 0 aromatic heterocycles. The van der Waals surface area contributed by atoms with Gasteiger partial charge in [-0.05, 0) is 7.05 Å². The van der Waals surface area contributed by atoms with Crippen molar-refractivity contribution in [3.8, 4) is 0 Å². The number of carbonyl (C=O) groups is 3. The van der Waals surface area contributed by atoms with Gasteiger partial charge in [0.25, 0.3) is 0 Å². The van der Waals surface area contributed by atoms with E-state index in [0.717, 1.165) is 0 Å². The van der Waals surface area contributed by atoms with Gasteiger partial charge in [-0.2, -0.15) is 0 Å². The third-order valence-corrected chi connectivity index (χ3v) is 2.92. The second kappa shape index (κ2) is 3.62. The number of amides is 3. The predicted octanol–water partition coefficient (Wildman–Crippen LogP) is -2.06. The summed E-state index contributed by atoms with van der Waals surface area (Å²) in [4.78, 5) is 35.7. The van der Waals surface area contributed by atoms with E-state index in [1.165, 1.54) is 0 Å². The van der Waals surface area contributed by atoms with Crippen LogP contribution < -0.4 is 10.6 Å². The zero-order chi connectivity index (χ0) is 11.0. The van der Waals surface area contributed by atoms with Gasteiger partial charge < -0.3 is 10.2 Å². The number of hydrogen-bond donors (Lipinski definition) is 2. The number of imide groups is 1. The average molecular weight is 211 g/mol. The largest absolute Gasteiger partial charge is 0.340 e. The van der Waals surface area contributed by atoms with Gasteiger partial charge in [-0.3, -0.25) is 19.7 Å². The molecule has 2 saturated heterocycles. The molecule has 2 N–H and O–H groups in total. The number of nitrogens with one attached hydrogen (secondary N) is 2. The summed E-state index contributed by atoms with van der Waals surface area (Å²) in [6.45, 7) is 0.973. The van der Waals surface area contributed by atoms with Gasteiger partial charge in [0.15, 0.2) is 0 Å². The molecule has 2 heterocycles. The van der Waals surface area contributed by atoms with Crippen LogP contribution in [0.3, 0.4) is 0 Å². The fraction of sp³-hybridized carbons (Fsp3) is 0.667. The van der Waals surface area contributed by atoms with Crippen molar-refractivity contribution >= 4 is 17.7 Å². The SMILES string of the molecule is CNCC(=O)N1C[C@H]2C(=O)NC(=O)[C@@H]2C1. The number of likely N-dealkylation sites (N-methyl/N-ethyl adjacent to an activating group) is 1. The van der Waals surface area contributed by atoms with Crippen molar-refractivity contribution in [3.05, 3.63) is 0 Å². The summed E-state index contributed by atoms with van der Waals surface area (Å²) in [6, 6.07) is 0. The van der Waals surface area contributed by atoms with Gasteiger partial charge >= 0.3 is 0 Å². The molecule has 82 valence electrons. The Balaban J connectivity index is 2.03. The zero-order valence-electron chi connectivity index (χ0n) is 8.45. The van der Waals surface area contributed by atoms with Crippen LogP contribution in [0.25, 0.3) is 0 Å². The van der Waals surface area contributed by atoms with E-state index in [9.17, 15) is 14.4 Å². The van der Waals surface area contributed by atoms with E-state index < -0.39 is 0 Å². The van der Waals surface area contributed by atoms with Gasteiger partial charge in [0.05, 0.1) is 18.4 Å². The third kappa shape index (κ3) is 1.61. The number of fused-ring (bicyclic) bond motifs is 1. The third-order valence-electron chi connectivity index (χ3n) is 2.92. The van der Waals surface area contributed by atoms with E-state index in [1.807, 2.05) is 0 Å². The van der Waals surface area contributed by atoms with Crippen molar-refractivity contribution in [2.24, 2.45) is 11.8 Å². The molecular weight excluding hydrogens is 198 g/mol. The summed E-state index contributed by atoms with van der Waals surface area (Å²) in [5, 5.41) is 5.03. The maximum Gasteiger partial charge on any atom is 0.236 e. The van der Waals surface area contributed by atoms with Gasteiger partial charge in [0.2, 0.25) is 17.7 Å². The van der Waals surface area contributed by atoms with Gasteiger partial charge in [0, 0.05) is 13.1 Å². The van der Waals surface area contributed by atoms with Crippen molar-refractivity contribution in [1.29, 1.82) is 0 Å². The number of carbonyl (C=O) groups excluding carboxylic acids is 3. The normalized spacial score (nSPS) is 29.3. The van der Waals surface area contributed by atoms with Gasteiger partial charge in [-0.15, -0.1) is 0 Å². The first-order chi connectivity index (χ1) is 7.13. The maximum atomic E-state index is 11.5. The topological polar surface area (TPSA) is 78.5 Å². The molecule has 2 rings (SSSR count). The lowest BCUT2D eigenvalue weighted by Crippen LogP contribution is -2.39. The Labute approximate surface area is 87.0 Å². The highest BCUT2D eigenvalue weighted by atomic mass is 16.2. The fourth-order valence-electron chi connectivity index (χ4n) is 2.11. The summed E-state index contributed by atoms with van der Waals surface area (Å²) in [5.41, 5.74) is 0. The average Bonchev–Trinajstić information content (AvgIpc) is 2.70. The lowest BCUT2D eigenvalue weighted by molar-refractivity contribution is -0.130. The highest BCUT2D eigenvalue weighted by molar-refractivity contribution is 6.06. The molecule has 2 aliphatic rings. The maximum absolute atomic E-state index is 11.5. The molecule has 2 aliphatic heterocycles. The summed E-state index contributed by atoms with van der Waals surface area (Å²) < 4.78 is 0. The minimum absolute atomic E-state index is 0.0625. The quantitative estimate of drug-likeness (QED) is 0.515. The first-order valence-electron chi connectivity index (χ1n) is 4.90. The van der Waals surface area contributed by atoms with E-state index in [4.69, 9.17) is 0 Å². The van der Waals surface area contributed by atoms with Crippen LogP contribution in [-0.2, 0) is 14.4 Å². The van der Waals surface area contributed by atoms with E-state index in [1.54, 1.807) is 11.9 Å². The first-order valence-corrected chi connectivity index (χ1v) is 4.90. The molecule has 6 nitrogen and oxygen atoms in total. The predicted molar refractivity (Wildman–Crippen MR) is 50.6 cm³/mol. The Hall–Kier alpha value is -1.43. The highest BCUT2D eigenvalue weighted by Crippen LogP contribution is 2.27. The van der Waals surface area contributed by atoms with Gasteiger partial charge in [0.1, 0.15) is 0 Å². The minimum Gasteiger partial charge on any atom is -0.340 e. The second-order valence-corrected chi connectivity index (χ2v) is 3.90. The van der Waals surface area contributed by atoms with Crippen LogP contribution in [0.4, 0.5) is 0 Å². The lowest BCUT2D eigenvalue weighted by atomic mass is 10.00. The van der Waals surface area contributed by atoms with E-state index in [2.05, 4.69) is 10.6 Å². The summed E-state index contributed by atoms with van der Waals surface area (Å²) in [5.74, 6) is -1.22. The molecular formula is C9H13N3O3. The summed E-state index contributed by atoms with van der Waals surface area (Å²) in [7, 11) is 1.69. The molecule has 0 unspecified atom stereocenters. The van der Waals surface area contributed by atoms with Crippen LogP contribution in [0.5, 0.6) is 0 Å². The van der Waals surface area contributed by atoms with E-state index in [-0.39, 0.29) is 36.1 Å². The standard InChI is InChI=1S/C9H13N3O3/c1-10-2-7(13)12-3-5-6(4-12)9(15)11-8(5)14/h5-6,10H,2-4H2,1H3,(H,11,14,15)/t5-,6-/m1/s1. The number of rotatable bonds is 2. The molecule has 0 saturated carbocycles. The van der Waals surface area contributed by atoms with Crippen LogP contribution >= 0.6 is 0 Å². The molecule has 3 amide bonds. The van der Waals surface area contributed by atoms with Gasteiger partial charge in [-0.1, -0.05) is 0 Å². The smallest absolute Gasteiger partial charge is 0.236 e. The number of nitrogens with zero attached hydrogens (tertiary/aromatic N) is 1. The molecule has 0 radical (unpaired) electrons. The van der Waals surface area contributed by atoms with Crippen LogP contribution in [0.1, 0.15) is 0 Å². The van der Waals surface area contributed by atoms with Gasteiger partial charge in [-0.25, -0.2) is 0 Å². The van der Waals surface area contributed by atoms with E-state index >= 15 is 0 Å². The summed E-state index contributed by atoms with van der Waals surface area (Å²) in [6.07, 6.45) is 0. The number of likely N-dealkylation sites (tertiary alicyclic amines) is 1. The van der Waals surface area contributed by atoms with Crippen molar-refractivity contribution in [1.82, 2.24) is 15.5 Å². The molecule has 0 aromatic carbocycles. The van der Waals surface area contributed by atoms with Crippen LogP contribution in [0.2, 0.25) is 0 Å². The van der Waals surface area contributed by atoms with Crippen molar-refractivity contribution in [3.63, 3.8) is 0 Å². The second-order valence-electron chi connectivity index (χ2n) is 3.90. The van der Waals surface area contributed by atoms with Crippen molar-refractivity contribution < 1.29 is 14.4 Å². The Bertz CT molecular complexity index is 307. The van der Waals surface area contributed by atoms with Crippen LogP contribution in [-0.4, -0.2) is 49.3 Å². The lowest BCUT2D eigenvalue weighted by Gasteiger charge is -2.16. The Morgan fingerprint density at radius 2 is 1.93 bits per heavy atom. The highest BCUT2D eigenvalue weighted by Gasteiger charge is 2.48. The molecule has 6 heteroatoms. The van der Waals surface area contributed by atoms with Crippen molar-refractivity contribution in [2.45, 2.75) is 0 Å². The minimum atomic E-state index is -0.335. The van der Waals surface area contributed by atoms with E-state index in [0.29, 0.717) is 13.1 Å². The van der Waals surface area contributed by atoms with Crippen LogP contribution in [0, 0.1) is 11.8 Å². The Morgan fingerprint density at radius 1 is 1.40 bits per heavy atom. The molecule has 0 spiro atoms. The Morgan fingerprint density at radius 3 is 2.40 bits per heavy atom. The monoisotopic (exact) mass is 211 g/mol. The molecule has 15 heavy (non-hydrogen) atoms. The molecule has 0 aromatic rings. The summed E-state index contributed by atoms with van der Waals surface area (Å²) >= 11 is 0. The van der Waals surface area contributed by atoms with Crippen molar-refractivity contribution in [2.75, 3.05) is 26.7 Å². The molecule has 0 bridgehead atoms. The molecule has 0 aliphatic carbocycles.